The monoisotopic (exact) mass is 382 g/mol. The van der Waals surface area contributed by atoms with Gasteiger partial charge in [-0.3, -0.25) is 4.79 Å². The van der Waals surface area contributed by atoms with Crippen LogP contribution in [0.25, 0.3) is 0 Å². The van der Waals surface area contributed by atoms with Crippen molar-refractivity contribution in [3.05, 3.63) is 23.3 Å². The number of fused-ring (bicyclic) bond motifs is 7. The summed E-state index contributed by atoms with van der Waals surface area (Å²) >= 11 is 0. The maximum absolute atomic E-state index is 12.4. The van der Waals surface area contributed by atoms with Crippen LogP contribution in [0.3, 0.4) is 0 Å². The van der Waals surface area contributed by atoms with E-state index in [1.54, 1.807) is 6.08 Å². The van der Waals surface area contributed by atoms with Gasteiger partial charge in [-0.25, -0.2) is 0 Å². The second-order valence-corrected chi connectivity index (χ2v) is 10.3. The van der Waals surface area contributed by atoms with Crippen molar-refractivity contribution in [3.8, 4) is 6.07 Å². The van der Waals surface area contributed by atoms with Crippen LogP contribution >= 0.6 is 0 Å². The highest BCUT2D eigenvalue weighted by molar-refractivity contribution is 5.86. The molecule has 1 amide bonds. The van der Waals surface area contributed by atoms with E-state index in [0.29, 0.717) is 17.8 Å². The molecule has 4 aliphatic carbocycles. The summed E-state index contributed by atoms with van der Waals surface area (Å²) in [6, 6.07) is 2.05. The smallest absolute Gasteiger partial charge is 0.243 e. The fourth-order valence-electron chi connectivity index (χ4n) is 7.58. The Labute approximate surface area is 166 Å². The number of hydrogen-bond donors (Lipinski definition) is 3. The topological polar surface area (TPSA) is 93.3 Å². The number of carbonyl (C=O) groups excluding carboxylic acids is 1. The molecule has 0 unspecified atom stereocenters. The van der Waals surface area contributed by atoms with E-state index >= 15 is 0 Å². The van der Waals surface area contributed by atoms with Gasteiger partial charge in [-0.2, -0.15) is 5.26 Å². The number of hydrogen-bond acceptors (Lipinski definition) is 4. The Morgan fingerprint density at radius 2 is 1.96 bits per heavy atom. The second kappa shape index (κ2) is 5.70. The first-order valence-electron chi connectivity index (χ1n) is 10.8. The van der Waals surface area contributed by atoms with Crippen molar-refractivity contribution in [2.24, 2.45) is 34.5 Å². The van der Waals surface area contributed by atoms with Crippen LogP contribution in [0.15, 0.2) is 23.3 Å². The number of amides is 1. The van der Waals surface area contributed by atoms with E-state index in [4.69, 9.17) is 0 Å². The zero-order valence-electron chi connectivity index (χ0n) is 16.7. The van der Waals surface area contributed by atoms with Gasteiger partial charge in [-0.15, -0.1) is 0 Å². The Kier molecular flexibility index (Phi) is 3.75. The van der Waals surface area contributed by atoms with E-state index in [0.717, 1.165) is 50.5 Å². The maximum atomic E-state index is 12.4. The Bertz CT molecular complexity index is 841. The molecule has 150 valence electrons. The predicted octanol–water partition coefficient (Wildman–Crippen LogP) is 2.80. The number of carbonyl (C=O) groups is 1. The first-order chi connectivity index (χ1) is 13.2. The van der Waals surface area contributed by atoms with Crippen LogP contribution < -0.4 is 5.32 Å². The van der Waals surface area contributed by atoms with Crippen molar-refractivity contribution in [3.63, 3.8) is 0 Å². The molecule has 5 heteroatoms. The average molecular weight is 383 g/mol. The fraction of sp³-hybridized carbons (Fsp3) is 0.739. The molecule has 3 saturated carbocycles. The third-order valence-electron chi connectivity index (χ3n) is 9.29. The van der Waals surface area contributed by atoms with Gasteiger partial charge in [-0.1, -0.05) is 31.6 Å². The molecule has 3 N–H and O–H groups in total. The van der Waals surface area contributed by atoms with E-state index in [2.05, 4.69) is 25.2 Å². The molecular formula is C23H30N2O3. The third kappa shape index (κ3) is 2.11. The van der Waals surface area contributed by atoms with Crippen molar-refractivity contribution in [1.82, 2.24) is 5.32 Å². The van der Waals surface area contributed by atoms with Gasteiger partial charge in [-0.05, 0) is 73.7 Å². The number of nitrogens with one attached hydrogen (secondary N) is 1. The number of nitriles is 1. The van der Waals surface area contributed by atoms with Crippen LogP contribution in [-0.2, 0) is 4.79 Å². The molecule has 8 atom stereocenters. The summed E-state index contributed by atoms with van der Waals surface area (Å²) in [6.07, 6.45) is 10.2. The molecule has 0 aromatic carbocycles. The minimum Gasteiger partial charge on any atom is -0.393 e. The van der Waals surface area contributed by atoms with Crippen LogP contribution in [0.2, 0.25) is 0 Å². The standard InChI is InChI=1S/C23H30N2O3/c1-21-7-5-16(26)10-14(21)3-4-17-18(21)6-8-22(2)19(17)11-15-9-13(12-24)20(27)25-23(15,22)28/h3,9,13,16-19,26,28H,4-8,10-11H2,1-2H3,(H,25,27)/t13-,16+,17+,18-,19-,21-,22-,23+/m0/s1. The summed E-state index contributed by atoms with van der Waals surface area (Å²) in [6.45, 7) is 4.52. The Morgan fingerprint density at radius 3 is 2.71 bits per heavy atom. The molecule has 0 bridgehead atoms. The minimum absolute atomic E-state index is 0.146. The van der Waals surface area contributed by atoms with Crippen molar-refractivity contribution >= 4 is 5.91 Å². The quantitative estimate of drug-likeness (QED) is 0.562. The van der Waals surface area contributed by atoms with E-state index < -0.39 is 17.1 Å². The van der Waals surface area contributed by atoms with Crippen molar-refractivity contribution in [2.75, 3.05) is 0 Å². The second-order valence-electron chi connectivity index (χ2n) is 10.3. The molecule has 1 heterocycles. The Balaban J connectivity index is 1.54. The van der Waals surface area contributed by atoms with Crippen LogP contribution in [-0.4, -0.2) is 27.9 Å². The largest absolute Gasteiger partial charge is 0.393 e. The molecule has 3 fully saturated rings. The molecule has 0 radical (unpaired) electrons. The lowest BCUT2D eigenvalue weighted by molar-refractivity contribution is -0.151. The first-order valence-corrected chi connectivity index (χ1v) is 10.8. The van der Waals surface area contributed by atoms with Crippen LogP contribution in [0.5, 0.6) is 0 Å². The van der Waals surface area contributed by atoms with Crippen molar-refractivity contribution in [1.29, 1.82) is 5.26 Å². The lowest BCUT2D eigenvalue weighted by Crippen LogP contribution is -2.63. The van der Waals surface area contributed by atoms with Crippen LogP contribution in [0.1, 0.15) is 58.8 Å². The van der Waals surface area contributed by atoms with Crippen molar-refractivity contribution < 1.29 is 15.0 Å². The van der Waals surface area contributed by atoms with Gasteiger partial charge in [0.1, 0.15) is 5.92 Å². The Hall–Kier alpha value is -1.64. The van der Waals surface area contributed by atoms with E-state index in [-0.39, 0.29) is 17.4 Å². The lowest BCUT2D eigenvalue weighted by atomic mass is 9.47. The van der Waals surface area contributed by atoms with Gasteiger partial charge < -0.3 is 15.5 Å². The Morgan fingerprint density at radius 1 is 1.18 bits per heavy atom. The summed E-state index contributed by atoms with van der Waals surface area (Å²) in [5.41, 5.74) is 0.701. The van der Waals surface area contributed by atoms with Gasteiger partial charge in [0.2, 0.25) is 5.91 Å². The number of rotatable bonds is 0. The molecule has 5 nitrogen and oxygen atoms in total. The zero-order valence-corrected chi connectivity index (χ0v) is 16.7. The average Bonchev–Trinajstić information content (AvgIpc) is 2.88. The highest BCUT2D eigenvalue weighted by Gasteiger charge is 2.67. The molecule has 0 saturated heterocycles. The minimum atomic E-state index is -1.32. The number of aliphatic hydroxyl groups is 2. The number of allylic oxidation sites excluding steroid dienone is 1. The molecule has 0 aromatic heterocycles. The zero-order chi connectivity index (χ0) is 19.9. The summed E-state index contributed by atoms with van der Waals surface area (Å²) in [5.74, 6) is 0.143. The molecule has 28 heavy (non-hydrogen) atoms. The number of aliphatic hydroxyl groups excluding tert-OH is 1. The predicted molar refractivity (Wildman–Crippen MR) is 103 cm³/mol. The van der Waals surface area contributed by atoms with Gasteiger partial charge in [0.15, 0.2) is 5.72 Å². The fourth-order valence-corrected chi connectivity index (χ4v) is 7.58. The summed E-state index contributed by atoms with van der Waals surface area (Å²) < 4.78 is 0. The normalized spacial score (nSPS) is 52.1. The first kappa shape index (κ1) is 18.4. The highest BCUT2D eigenvalue weighted by Crippen LogP contribution is 2.68. The number of nitrogens with zero attached hydrogens (tertiary/aromatic N) is 1. The van der Waals surface area contributed by atoms with Gasteiger partial charge in [0.25, 0.3) is 0 Å². The van der Waals surface area contributed by atoms with Gasteiger partial charge in [0.05, 0.1) is 12.2 Å². The summed E-state index contributed by atoms with van der Waals surface area (Å²) in [5, 5.41) is 33.9. The molecule has 0 spiro atoms. The lowest BCUT2D eigenvalue weighted by Gasteiger charge is -2.58. The van der Waals surface area contributed by atoms with Crippen LogP contribution in [0.4, 0.5) is 0 Å². The molecule has 5 rings (SSSR count). The van der Waals surface area contributed by atoms with Gasteiger partial charge in [0, 0.05) is 5.41 Å². The van der Waals surface area contributed by atoms with Crippen molar-refractivity contribution in [2.45, 2.75) is 70.6 Å². The third-order valence-corrected chi connectivity index (χ3v) is 9.29. The van der Waals surface area contributed by atoms with Crippen LogP contribution in [0, 0.1) is 45.8 Å². The van der Waals surface area contributed by atoms with E-state index in [1.165, 1.54) is 5.57 Å². The summed E-state index contributed by atoms with van der Waals surface area (Å²) in [4.78, 5) is 12.4. The maximum Gasteiger partial charge on any atom is 0.243 e. The molecular weight excluding hydrogens is 352 g/mol. The SMILES string of the molecule is C[C@]12CC[C@@H](O)CC1=CC[C@@H]1[C@@H]2CC[C@@]2(C)[C@H]1CC1=C[C@@H](C#N)C(=O)N[C@@]12O. The van der Waals surface area contributed by atoms with E-state index in [1.807, 2.05) is 6.07 Å². The molecule has 1 aliphatic heterocycles. The highest BCUT2D eigenvalue weighted by atomic mass is 16.3. The molecule has 0 aromatic rings. The summed E-state index contributed by atoms with van der Waals surface area (Å²) in [7, 11) is 0. The van der Waals surface area contributed by atoms with Gasteiger partial charge >= 0.3 is 0 Å². The van der Waals surface area contributed by atoms with E-state index in [9.17, 15) is 20.3 Å². The molecule has 5 aliphatic rings.